The maximum absolute atomic E-state index is 11.4. The van der Waals surface area contributed by atoms with Gasteiger partial charge in [0.05, 0.1) is 12.8 Å². The Hall–Kier alpha value is -2.07. The van der Waals surface area contributed by atoms with Crippen LogP contribution >= 0.6 is 0 Å². The standard InChI is InChI=1S/C15H17NO3/c1-16(11-13-8-5-9-19-13)14(15(17)18)10-12-6-3-2-4-7-12/h2-9,14H,10-11H2,1H3,(H,17,18). The van der Waals surface area contributed by atoms with Crippen molar-refractivity contribution in [1.29, 1.82) is 0 Å². The van der Waals surface area contributed by atoms with Gasteiger partial charge < -0.3 is 9.52 Å². The molecule has 1 unspecified atom stereocenters. The zero-order chi connectivity index (χ0) is 13.7. The van der Waals surface area contributed by atoms with E-state index < -0.39 is 12.0 Å². The highest BCUT2D eigenvalue weighted by Gasteiger charge is 2.23. The number of hydrogen-bond donors (Lipinski definition) is 1. The lowest BCUT2D eigenvalue weighted by molar-refractivity contribution is -0.143. The van der Waals surface area contributed by atoms with Gasteiger partial charge in [0.1, 0.15) is 11.8 Å². The van der Waals surface area contributed by atoms with Crippen LogP contribution in [-0.4, -0.2) is 29.1 Å². The fourth-order valence-electron chi connectivity index (χ4n) is 2.03. The minimum Gasteiger partial charge on any atom is -0.480 e. The van der Waals surface area contributed by atoms with E-state index in [0.717, 1.165) is 11.3 Å². The van der Waals surface area contributed by atoms with Crippen LogP contribution in [0.15, 0.2) is 53.1 Å². The molecule has 2 rings (SSSR count). The summed E-state index contributed by atoms with van der Waals surface area (Å²) in [5, 5.41) is 9.36. The molecule has 4 heteroatoms. The molecule has 0 aliphatic heterocycles. The molecular weight excluding hydrogens is 242 g/mol. The maximum atomic E-state index is 11.4. The van der Waals surface area contributed by atoms with Crippen molar-refractivity contribution in [2.45, 2.75) is 19.0 Å². The van der Waals surface area contributed by atoms with E-state index in [0.29, 0.717) is 13.0 Å². The lowest BCUT2D eigenvalue weighted by Gasteiger charge is -2.23. The molecule has 100 valence electrons. The third kappa shape index (κ3) is 3.69. The molecule has 1 atom stereocenters. The molecule has 1 aromatic carbocycles. The SMILES string of the molecule is CN(Cc1ccco1)C(Cc1ccccc1)C(=O)O. The molecule has 0 spiro atoms. The molecule has 1 N–H and O–H groups in total. The fourth-order valence-corrected chi connectivity index (χ4v) is 2.03. The van der Waals surface area contributed by atoms with E-state index >= 15 is 0 Å². The highest BCUT2D eigenvalue weighted by Crippen LogP contribution is 2.12. The van der Waals surface area contributed by atoms with Crippen molar-refractivity contribution in [3.8, 4) is 0 Å². The third-order valence-corrected chi connectivity index (χ3v) is 3.07. The molecule has 0 saturated heterocycles. The molecule has 0 amide bonds. The minimum absolute atomic E-state index is 0.480. The van der Waals surface area contributed by atoms with Crippen molar-refractivity contribution in [1.82, 2.24) is 4.90 Å². The highest BCUT2D eigenvalue weighted by atomic mass is 16.4. The van der Waals surface area contributed by atoms with E-state index in [9.17, 15) is 9.90 Å². The summed E-state index contributed by atoms with van der Waals surface area (Å²) < 4.78 is 5.25. The van der Waals surface area contributed by atoms with Crippen LogP contribution in [0.3, 0.4) is 0 Å². The second-order valence-electron chi connectivity index (χ2n) is 4.54. The Kier molecular flexibility index (Phi) is 4.36. The van der Waals surface area contributed by atoms with Crippen LogP contribution in [0.5, 0.6) is 0 Å². The van der Waals surface area contributed by atoms with Crippen LogP contribution in [0.1, 0.15) is 11.3 Å². The summed E-state index contributed by atoms with van der Waals surface area (Å²) in [6.07, 6.45) is 2.07. The van der Waals surface area contributed by atoms with E-state index in [-0.39, 0.29) is 0 Å². The number of benzene rings is 1. The van der Waals surface area contributed by atoms with E-state index in [4.69, 9.17) is 4.42 Å². The summed E-state index contributed by atoms with van der Waals surface area (Å²) in [7, 11) is 1.80. The zero-order valence-corrected chi connectivity index (χ0v) is 10.8. The number of furan rings is 1. The van der Waals surface area contributed by atoms with Gasteiger partial charge in [0.25, 0.3) is 0 Å². The lowest BCUT2D eigenvalue weighted by atomic mass is 10.0. The quantitative estimate of drug-likeness (QED) is 0.865. The molecule has 19 heavy (non-hydrogen) atoms. The van der Waals surface area contributed by atoms with Gasteiger partial charge >= 0.3 is 5.97 Å². The molecule has 0 bridgehead atoms. The molecule has 0 saturated carbocycles. The number of rotatable bonds is 6. The molecule has 0 aliphatic rings. The number of carbonyl (C=O) groups is 1. The second kappa shape index (κ2) is 6.20. The van der Waals surface area contributed by atoms with Gasteiger partial charge in [-0.05, 0) is 31.2 Å². The van der Waals surface area contributed by atoms with Gasteiger partial charge in [0.2, 0.25) is 0 Å². The average molecular weight is 259 g/mol. The van der Waals surface area contributed by atoms with Crippen molar-refractivity contribution in [2.24, 2.45) is 0 Å². The van der Waals surface area contributed by atoms with Gasteiger partial charge in [0.15, 0.2) is 0 Å². The normalized spacial score (nSPS) is 12.5. The van der Waals surface area contributed by atoms with Crippen LogP contribution in [-0.2, 0) is 17.8 Å². The van der Waals surface area contributed by atoms with E-state index in [1.165, 1.54) is 0 Å². The minimum atomic E-state index is -0.821. The summed E-state index contributed by atoms with van der Waals surface area (Å²) in [5.74, 6) is -0.0558. The van der Waals surface area contributed by atoms with Gasteiger partial charge in [-0.1, -0.05) is 30.3 Å². The van der Waals surface area contributed by atoms with Crippen LogP contribution < -0.4 is 0 Å². The lowest BCUT2D eigenvalue weighted by Crippen LogP contribution is -2.39. The molecule has 2 aromatic rings. The Labute approximate surface area is 112 Å². The van der Waals surface area contributed by atoms with E-state index in [1.54, 1.807) is 24.3 Å². The number of nitrogens with zero attached hydrogens (tertiary/aromatic N) is 1. The Morgan fingerprint density at radius 3 is 2.58 bits per heavy atom. The number of likely N-dealkylation sites (N-methyl/N-ethyl adjacent to an activating group) is 1. The van der Waals surface area contributed by atoms with Crippen LogP contribution in [0, 0.1) is 0 Å². The summed E-state index contributed by atoms with van der Waals surface area (Å²) in [6, 6.07) is 12.7. The van der Waals surface area contributed by atoms with Crippen molar-refractivity contribution in [2.75, 3.05) is 7.05 Å². The molecule has 1 heterocycles. The van der Waals surface area contributed by atoms with Gasteiger partial charge in [0, 0.05) is 0 Å². The van der Waals surface area contributed by atoms with Crippen molar-refractivity contribution >= 4 is 5.97 Å². The first-order chi connectivity index (χ1) is 9.16. The van der Waals surface area contributed by atoms with Crippen LogP contribution in [0.2, 0.25) is 0 Å². The van der Waals surface area contributed by atoms with Gasteiger partial charge in [-0.15, -0.1) is 0 Å². The zero-order valence-electron chi connectivity index (χ0n) is 10.8. The topological polar surface area (TPSA) is 53.7 Å². The predicted molar refractivity (Wildman–Crippen MR) is 71.7 cm³/mol. The van der Waals surface area contributed by atoms with E-state index in [1.807, 2.05) is 36.4 Å². The maximum Gasteiger partial charge on any atom is 0.321 e. The Morgan fingerprint density at radius 2 is 2.00 bits per heavy atom. The Balaban J connectivity index is 2.05. The molecule has 0 radical (unpaired) electrons. The number of carboxylic acid groups (broad SMARTS) is 1. The van der Waals surface area contributed by atoms with Gasteiger partial charge in [-0.2, -0.15) is 0 Å². The van der Waals surface area contributed by atoms with Crippen molar-refractivity contribution in [3.05, 3.63) is 60.1 Å². The van der Waals surface area contributed by atoms with Crippen LogP contribution in [0.25, 0.3) is 0 Å². The monoisotopic (exact) mass is 259 g/mol. The number of carboxylic acids is 1. The summed E-state index contributed by atoms with van der Waals surface area (Å²) in [6.45, 7) is 0.483. The predicted octanol–water partition coefficient (Wildman–Crippen LogP) is 2.41. The van der Waals surface area contributed by atoms with E-state index in [2.05, 4.69) is 0 Å². The average Bonchev–Trinajstić information content (AvgIpc) is 2.89. The Bertz CT molecular complexity index is 507. The summed E-state index contributed by atoms with van der Waals surface area (Å²) >= 11 is 0. The highest BCUT2D eigenvalue weighted by molar-refractivity contribution is 5.73. The van der Waals surface area contributed by atoms with Crippen LogP contribution in [0.4, 0.5) is 0 Å². The van der Waals surface area contributed by atoms with Crippen molar-refractivity contribution < 1.29 is 14.3 Å². The summed E-state index contributed by atoms with van der Waals surface area (Å²) in [5.41, 5.74) is 1.01. The third-order valence-electron chi connectivity index (χ3n) is 3.07. The molecular formula is C15H17NO3. The smallest absolute Gasteiger partial charge is 0.321 e. The molecule has 0 fully saturated rings. The molecule has 4 nitrogen and oxygen atoms in total. The first-order valence-corrected chi connectivity index (χ1v) is 6.16. The Morgan fingerprint density at radius 1 is 1.26 bits per heavy atom. The number of hydrogen-bond acceptors (Lipinski definition) is 3. The first-order valence-electron chi connectivity index (χ1n) is 6.16. The largest absolute Gasteiger partial charge is 0.480 e. The number of aliphatic carboxylic acids is 1. The fraction of sp³-hybridized carbons (Fsp3) is 0.267. The molecule has 1 aromatic heterocycles. The second-order valence-corrected chi connectivity index (χ2v) is 4.54. The molecule has 0 aliphatic carbocycles. The summed E-state index contributed by atoms with van der Waals surface area (Å²) in [4.78, 5) is 13.2. The van der Waals surface area contributed by atoms with Gasteiger partial charge in [-0.25, -0.2) is 0 Å². The van der Waals surface area contributed by atoms with Gasteiger partial charge in [-0.3, -0.25) is 9.69 Å². The van der Waals surface area contributed by atoms with Crippen molar-refractivity contribution in [3.63, 3.8) is 0 Å². The first kappa shape index (κ1) is 13.4.